The van der Waals surface area contributed by atoms with E-state index in [0.717, 1.165) is 29.1 Å². The van der Waals surface area contributed by atoms with Crippen molar-refractivity contribution in [1.29, 1.82) is 0 Å². The molecule has 1 N–H and O–H groups in total. The Hall–Kier alpha value is -2.28. The smallest absolute Gasteiger partial charge is 0.335 e. The molecule has 0 atom stereocenters. The zero-order chi connectivity index (χ0) is 15.0. The fourth-order valence-corrected chi connectivity index (χ4v) is 3.06. The molecule has 0 radical (unpaired) electrons. The van der Waals surface area contributed by atoms with Crippen LogP contribution in [0.15, 0.2) is 18.2 Å². The van der Waals surface area contributed by atoms with Crippen LogP contribution >= 0.6 is 11.5 Å². The monoisotopic (exact) mass is 303 g/mol. The van der Waals surface area contributed by atoms with Gasteiger partial charge in [-0.05, 0) is 48.1 Å². The Morgan fingerprint density at radius 2 is 2.14 bits per heavy atom. The van der Waals surface area contributed by atoms with E-state index < -0.39 is 5.97 Å². The predicted molar refractivity (Wildman–Crippen MR) is 76.5 cm³/mol. The molecule has 7 heteroatoms. The highest BCUT2D eigenvalue weighted by molar-refractivity contribution is 7.07. The Morgan fingerprint density at radius 3 is 2.81 bits per heavy atom. The van der Waals surface area contributed by atoms with Crippen LogP contribution in [0.3, 0.4) is 0 Å². The summed E-state index contributed by atoms with van der Waals surface area (Å²) < 4.78 is 3.79. The van der Waals surface area contributed by atoms with Gasteiger partial charge in [0.1, 0.15) is 4.88 Å². The molecule has 0 spiro atoms. The largest absolute Gasteiger partial charge is 0.478 e. The van der Waals surface area contributed by atoms with Crippen molar-refractivity contribution in [3.8, 4) is 0 Å². The van der Waals surface area contributed by atoms with E-state index in [1.165, 1.54) is 0 Å². The van der Waals surface area contributed by atoms with Gasteiger partial charge in [-0.15, -0.1) is 5.10 Å². The average molecular weight is 303 g/mol. The number of carbonyl (C=O) groups is 2. The number of hydrogen-bond donors (Lipinski definition) is 1. The summed E-state index contributed by atoms with van der Waals surface area (Å²) in [6, 6.07) is 5.09. The molecule has 2 aromatic rings. The minimum absolute atomic E-state index is 0.0890. The van der Waals surface area contributed by atoms with E-state index in [1.54, 1.807) is 24.0 Å². The van der Waals surface area contributed by atoms with Crippen LogP contribution in [0, 0.1) is 6.92 Å². The second kappa shape index (κ2) is 5.25. The molecule has 1 aromatic carbocycles. The van der Waals surface area contributed by atoms with E-state index in [1.807, 2.05) is 6.07 Å². The van der Waals surface area contributed by atoms with Crippen molar-refractivity contribution in [2.75, 3.05) is 6.54 Å². The molecule has 0 saturated heterocycles. The van der Waals surface area contributed by atoms with Crippen LogP contribution in [-0.4, -0.2) is 38.0 Å². The summed E-state index contributed by atoms with van der Waals surface area (Å²) in [5.74, 6) is -1.04. The number of benzene rings is 1. The van der Waals surface area contributed by atoms with Crippen molar-refractivity contribution < 1.29 is 14.7 Å². The van der Waals surface area contributed by atoms with E-state index in [-0.39, 0.29) is 11.5 Å². The molecule has 21 heavy (non-hydrogen) atoms. The first kappa shape index (κ1) is 13.7. The zero-order valence-corrected chi connectivity index (χ0v) is 12.2. The lowest BCUT2D eigenvalue weighted by molar-refractivity contribution is 0.0696. The molecule has 0 unspecified atom stereocenters. The average Bonchev–Trinajstić information content (AvgIpc) is 2.91. The number of hydrogen-bond acceptors (Lipinski definition) is 5. The summed E-state index contributed by atoms with van der Waals surface area (Å²) in [5, 5.41) is 12.9. The van der Waals surface area contributed by atoms with Gasteiger partial charge in [0.05, 0.1) is 11.3 Å². The molecule has 0 saturated carbocycles. The molecule has 0 aliphatic carbocycles. The molecule has 1 aliphatic rings. The summed E-state index contributed by atoms with van der Waals surface area (Å²) in [5.41, 5.74) is 2.88. The molecule has 6 nitrogen and oxygen atoms in total. The molecule has 1 aliphatic heterocycles. The second-order valence-electron chi connectivity index (χ2n) is 4.95. The van der Waals surface area contributed by atoms with Crippen molar-refractivity contribution >= 4 is 23.4 Å². The van der Waals surface area contributed by atoms with Crippen LogP contribution in [0.5, 0.6) is 0 Å². The fourth-order valence-electron chi connectivity index (χ4n) is 2.43. The minimum atomic E-state index is -0.955. The lowest BCUT2D eigenvalue weighted by atomic mass is 9.97. The number of carboxylic acid groups (broad SMARTS) is 1. The van der Waals surface area contributed by atoms with Crippen LogP contribution in [0.25, 0.3) is 0 Å². The van der Waals surface area contributed by atoms with Gasteiger partial charge in [0.25, 0.3) is 5.91 Å². The molecular weight excluding hydrogens is 290 g/mol. The van der Waals surface area contributed by atoms with Crippen molar-refractivity contribution in [1.82, 2.24) is 14.5 Å². The van der Waals surface area contributed by atoms with E-state index >= 15 is 0 Å². The summed E-state index contributed by atoms with van der Waals surface area (Å²) in [6.07, 6.45) is 0.728. The van der Waals surface area contributed by atoms with Crippen LogP contribution in [-0.2, 0) is 13.0 Å². The Bertz CT molecular complexity index is 726. The third kappa shape index (κ3) is 2.52. The number of rotatable bonds is 2. The first-order valence-corrected chi connectivity index (χ1v) is 7.27. The van der Waals surface area contributed by atoms with Crippen LogP contribution in [0.1, 0.15) is 36.9 Å². The Morgan fingerprint density at radius 1 is 1.33 bits per heavy atom. The Balaban J connectivity index is 1.87. The summed E-state index contributed by atoms with van der Waals surface area (Å²) in [7, 11) is 0. The van der Waals surface area contributed by atoms with Crippen molar-refractivity contribution in [2.24, 2.45) is 0 Å². The van der Waals surface area contributed by atoms with E-state index in [4.69, 9.17) is 5.11 Å². The van der Waals surface area contributed by atoms with Gasteiger partial charge in [-0.2, -0.15) is 0 Å². The maximum Gasteiger partial charge on any atom is 0.335 e. The highest BCUT2D eigenvalue weighted by atomic mass is 32.1. The second-order valence-corrected chi connectivity index (χ2v) is 5.71. The highest BCUT2D eigenvalue weighted by Gasteiger charge is 2.25. The molecule has 1 amide bonds. The minimum Gasteiger partial charge on any atom is -0.478 e. The first-order chi connectivity index (χ1) is 10.1. The third-order valence-corrected chi connectivity index (χ3v) is 4.41. The van der Waals surface area contributed by atoms with Crippen LogP contribution in [0.2, 0.25) is 0 Å². The summed E-state index contributed by atoms with van der Waals surface area (Å²) >= 11 is 1.09. The lowest BCUT2D eigenvalue weighted by Gasteiger charge is -2.28. The van der Waals surface area contributed by atoms with Crippen molar-refractivity contribution in [3.63, 3.8) is 0 Å². The summed E-state index contributed by atoms with van der Waals surface area (Å²) in [4.78, 5) is 25.8. The molecule has 1 aromatic heterocycles. The molecule has 2 heterocycles. The maximum atomic E-state index is 12.5. The van der Waals surface area contributed by atoms with E-state index in [9.17, 15) is 9.59 Å². The third-order valence-electron chi connectivity index (χ3n) is 3.60. The zero-order valence-electron chi connectivity index (χ0n) is 11.4. The molecular formula is C14H13N3O3S. The quantitative estimate of drug-likeness (QED) is 0.913. The van der Waals surface area contributed by atoms with Gasteiger partial charge < -0.3 is 10.0 Å². The van der Waals surface area contributed by atoms with E-state index in [0.29, 0.717) is 23.7 Å². The fraction of sp³-hybridized carbons (Fsp3) is 0.286. The molecule has 108 valence electrons. The SMILES string of the molecule is Cc1nnsc1C(=O)N1CCc2ccc(C(=O)O)cc2C1. The van der Waals surface area contributed by atoms with Crippen LogP contribution in [0.4, 0.5) is 0 Å². The van der Waals surface area contributed by atoms with Gasteiger partial charge in [0.2, 0.25) is 0 Å². The van der Waals surface area contributed by atoms with E-state index in [2.05, 4.69) is 9.59 Å². The van der Waals surface area contributed by atoms with Crippen molar-refractivity contribution in [2.45, 2.75) is 19.9 Å². The molecule has 0 bridgehead atoms. The Kier molecular flexibility index (Phi) is 3.42. The van der Waals surface area contributed by atoms with Gasteiger partial charge >= 0.3 is 5.97 Å². The first-order valence-electron chi connectivity index (χ1n) is 6.49. The number of fused-ring (bicyclic) bond motifs is 1. The standard InChI is InChI=1S/C14H13N3O3S/c1-8-12(21-16-15-8)13(18)17-5-4-9-2-3-10(14(19)20)6-11(9)7-17/h2-3,6H,4-5,7H2,1H3,(H,19,20). The molecule has 0 fully saturated rings. The number of aryl methyl sites for hydroxylation is 1. The number of amides is 1. The number of nitrogens with zero attached hydrogens (tertiary/aromatic N) is 3. The van der Waals surface area contributed by atoms with Crippen LogP contribution < -0.4 is 0 Å². The molecule has 3 rings (SSSR count). The van der Waals surface area contributed by atoms with Gasteiger partial charge in [-0.3, -0.25) is 4.79 Å². The number of carbonyl (C=O) groups excluding carboxylic acids is 1. The highest BCUT2D eigenvalue weighted by Crippen LogP contribution is 2.23. The maximum absolute atomic E-state index is 12.5. The number of carboxylic acids is 1. The Labute approximate surface area is 125 Å². The lowest BCUT2D eigenvalue weighted by Crippen LogP contribution is -2.36. The predicted octanol–water partition coefficient (Wildman–Crippen LogP) is 1.74. The van der Waals surface area contributed by atoms with Gasteiger partial charge in [0, 0.05) is 13.1 Å². The normalized spacial score (nSPS) is 13.9. The van der Waals surface area contributed by atoms with Gasteiger partial charge in [0.15, 0.2) is 0 Å². The van der Waals surface area contributed by atoms with Gasteiger partial charge in [-0.1, -0.05) is 10.6 Å². The topological polar surface area (TPSA) is 83.4 Å². The van der Waals surface area contributed by atoms with Crippen molar-refractivity contribution in [3.05, 3.63) is 45.5 Å². The summed E-state index contributed by atoms with van der Waals surface area (Å²) in [6.45, 7) is 2.80. The van der Waals surface area contributed by atoms with Gasteiger partial charge in [-0.25, -0.2) is 4.79 Å². The number of aromatic nitrogens is 2. The number of aromatic carboxylic acids is 1.